The Morgan fingerprint density at radius 2 is 1.22 bits per heavy atom. The molecule has 5 aromatic heterocycles. The van der Waals surface area contributed by atoms with E-state index in [-0.39, 0.29) is 53.5 Å². The fourth-order valence-electron chi connectivity index (χ4n) is 6.90. The number of aliphatic hydroxyl groups is 2. The van der Waals surface area contributed by atoms with Gasteiger partial charge < -0.3 is 50.7 Å². The molecule has 10 N–H and O–H groups in total. The molecular weight excluding hydrogens is 848 g/mol. The number of phosphoric acid groups is 2. The van der Waals surface area contributed by atoms with Crippen LogP contribution in [0.2, 0.25) is 0 Å². The molecule has 60 heavy (non-hydrogen) atoms. The summed E-state index contributed by atoms with van der Waals surface area (Å²) in [5.41, 5.74) is 9.46. The van der Waals surface area contributed by atoms with Crippen LogP contribution in [0.3, 0.4) is 0 Å². The molecule has 3 fully saturated rings. The van der Waals surface area contributed by atoms with Crippen LogP contribution in [-0.4, -0.2) is 130 Å². The van der Waals surface area contributed by atoms with Crippen LogP contribution in [0.4, 0.5) is 11.9 Å². The second-order valence-electron chi connectivity index (χ2n) is 13.9. The van der Waals surface area contributed by atoms with Gasteiger partial charge in [-0.3, -0.25) is 46.4 Å². The van der Waals surface area contributed by atoms with E-state index >= 15 is 0 Å². The van der Waals surface area contributed by atoms with Gasteiger partial charge in [0, 0.05) is 19.3 Å². The number of hydrogen-bond acceptors (Lipinski definition) is 22. The number of aliphatic hydroxyl groups excluding tert-OH is 2. The lowest BCUT2D eigenvalue weighted by atomic mass is 10.2. The van der Waals surface area contributed by atoms with E-state index in [1.807, 2.05) is 0 Å². The Kier molecular flexibility index (Phi) is 11.3. The molecule has 31 heteroatoms. The molecule has 3 aliphatic heterocycles. The number of phosphoric ester groups is 2. The number of aromatic nitrogens is 11. The van der Waals surface area contributed by atoms with Crippen LogP contribution in [0.25, 0.3) is 22.3 Å². The second kappa shape index (κ2) is 16.2. The fraction of sp³-hybridized carbons (Fsp3) is 0.552. The summed E-state index contributed by atoms with van der Waals surface area (Å²) >= 11 is 0. The van der Waals surface area contributed by atoms with Gasteiger partial charge in [-0.1, -0.05) is 0 Å². The van der Waals surface area contributed by atoms with Crippen molar-refractivity contribution in [3.8, 4) is 0 Å². The third kappa shape index (κ3) is 8.66. The van der Waals surface area contributed by atoms with Crippen molar-refractivity contribution in [2.45, 2.75) is 81.5 Å². The zero-order valence-electron chi connectivity index (χ0n) is 30.9. The van der Waals surface area contributed by atoms with Gasteiger partial charge in [-0.05, 0) is 6.92 Å². The van der Waals surface area contributed by atoms with Gasteiger partial charge in [-0.15, -0.1) is 0 Å². The highest BCUT2D eigenvalue weighted by molar-refractivity contribution is 7.47. The van der Waals surface area contributed by atoms with E-state index in [1.165, 1.54) is 21.8 Å². The monoisotopic (exact) mass is 885 g/mol. The van der Waals surface area contributed by atoms with Crippen LogP contribution >= 0.6 is 15.6 Å². The van der Waals surface area contributed by atoms with Gasteiger partial charge in [0.05, 0.1) is 44.7 Å². The number of nitrogens with zero attached hydrogens (tertiary/aromatic N) is 9. The standard InChI is InChI=1S/C29H37N13O16P2/c1-11-35-23-21(25(45)36-11)32-8-40(23)18-2-13(44)16(56-18)6-54-60(50,51)58-14-4-20(42-10-34-27(30)39-29(42)47)57-17(14)7-53-59(48,49)52-5-15-12(43)3-19(55-15)41-9-33-22-24(41)37-28(31)38-26(22)46/h8-10,12-20,43-44H,2-7H2,1H3,(H,48,49)(H,50,51)(H2,30,39,47)(H,35,36,45)(H3,31,37,38,46)/t12?,13?,14?,15-,16-,17-,18-,19-,20-/m1/s1. The first-order valence-electron chi connectivity index (χ1n) is 17.9. The van der Waals surface area contributed by atoms with Crippen LogP contribution in [-0.2, 0) is 41.4 Å². The topological polar surface area (TPSA) is 407 Å². The number of imidazole rings is 2. The van der Waals surface area contributed by atoms with Gasteiger partial charge in [-0.25, -0.2) is 33.9 Å². The first-order chi connectivity index (χ1) is 28.4. The average molecular weight is 886 g/mol. The SMILES string of the molecule is Cc1nc2c(ncn2[C@H]2CC(O)[C@@H](COP(=O)(O)OC3C[C@H](n4cnc(N)nc4=O)O[C@@H]3COP(=O)(O)OC[C@H]3O[C@@H](n4cnc5c(=O)[nH]c(N)nc54)CC3O)O2)c(=O)[nH]1. The molecule has 8 heterocycles. The molecule has 0 amide bonds. The van der Waals surface area contributed by atoms with E-state index < -0.39 is 108 Å². The van der Waals surface area contributed by atoms with Gasteiger partial charge in [-0.2, -0.15) is 9.97 Å². The number of hydrogen-bond donors (Lipinski definition) is 8. The Labute approximate surface area is 333 Å². The smallest absolute Gasteiger partial charge is 0.390 e. The fourth-order valence-corrected chi connectivity index (χ4v) is 8.60. The summed E-state index contributed by atoms with van der Waals surface area (Å²) in [4.78, 5) is 86.9. The molecule has 5 aromatic rings. The van der Waals surface area contributed by atoms with Gasteiger partial charge in [0.25, 0.3) is 11.1 Å². The highest BCUT2D eigenvalue weighted by Gasteiger charge is 2.45. The van der Waals surface area contributed by atoms with E-state index in [1.54, 1.807) is 6.92 Å². The van der Waals surface area contributed by atoms with E-state index in [0.29, 0.717) is 5.82 Å². The van der Waals surface area contributed by atoms with Crippen LogP contribution in [0.15, 0.2) is 33.4 Å². The van der Waals surface area contributed by atoms with Gasteiger partial charge in [0.2, 0.25) is 11.9 Å². The number of fused-ring (bicyclic) bond motifs is 2. The highest BCUT2D eigenvalue weighted by Crippen LogP contribution is 2.50. The summed E-state index contributed by atoms with van der Waals surface area (Å²) in [7, 11) is -10.1. The van der Waals surface area contributed by atoms with Crippen molar-refractivity contribution in [3.05, 3.63) is 56.0 Å². The first-order valence-corrected chi connectivity index (χ1v) is 20.9. The van der Waals surface area contributed by atoms with Crippen LogP contribution in [0, 0.1) is 6.92 Å². The summed E-state index contributed by atoms with van der Waals surface area (Å²) in [6.07, 6.45) is -7.53. The summed E-state index contributed by atoms with van der Waals surface area (Å²) in [6.45, 7) is -0.572. The highest BCUT2D eigenvalue weighted by atomic mass is 31.2. The van der Waals surface area contributed by atoms with E-state index in [0.717, 1.165) is 10.9 Å². The summed E-state index contributed by atoms with van der Waals surface area (Å²) in [5, 5.41) is 21.4. The Balaban J connectivity index is 0.899. The summed E-state index contributed by atoms with van der Waals surface area (Å²) in [5.74, 6) is -0.206. The van der Waals surface area contributed by atoms with Gasteiger partial charge >= 0.3 is 21.3 Å². The minimum absolute atomic E-state index is 0.0215. The Hall–Kier alpha value is -4.87. The molecule has 0 aliphatic carbocycles. The third-order valence-corrected chi connectivity index (χ3v) is 11.7. The maximum Gasteiger partial charge on any atom is 0.472 e. The van der Waals surface area contributed by atoms with E-state index in [2.05, 4.69) is 39.9 Å². The lowest BCUT2D eigenvalue weighted by Crippen LogP contribution is -2.30. The molecule has 0 aromatic carbocycles. The number of nitrogens with one attached hydrogen (secondary N) is 2. The van der Waals surface area contributed by atoms with Gasteiger partial charge in [0.1, 0.15) is 55.3 Å². The molecule has 8 rings (SSSR count). The Morgan fingerprint density at radius 3 is 1.82 bits per heavy atom. The maximum absolute atomic E-state index is 13.3. The van der Waals surface area contributed by atoms with Crippen LogP contribution in [0.5, 0.6) is 0 Å². The molecule has 11 atom stereocenters. The zero-order chi connectivity index (χ0) is 42.7. The van der Waals surface area contributed by atoms with Crippen molar-refractivity contribution in [1.29, 1.82) is 0 Å². The van der Waals surface area contributed by atoms with E-state index in [9.17, 15) is 43.5 Å². The normalized spacial score (nSPS) is 29.1. The molecular formula is C29H37N13O16P2. The number of anilines is 2. The van der Waals surface area contributed by atoms with Crippen molar-refractivity contribution in [1.82, 2.24) is 53.6 Å². The lowest BCUT2D eigenvalue weighted by molar-refractivity contribution is -0.0613. The Bertz CT molecular complexity index is 2690. The number of aryl methyl sites for hydroxylation is 1. The molecule has 29 nitrogen and oxygen atoms in total. The molecule has 0 radical (unpaired) electrons. The van der Waals surface area contributed by atoms with Crippen molar-refractivity contribution in [2.24, 2.45) is 0 Å². The molecule has 3 aliphatic rings. The van der Waals surface area contributed by atoms with Crippen molar-refractivity contribution >= 4 is 49.9 Å². The van der Waals surface area contributed by atoms with Crippen LogP contribution < -0.4 is 28.3 Å². The first kappa shape index (κ1) is 41.8. The summed E-state index contributed by atoms with van der Waals surface area (Å²) < 4.78 is 68.4. The molecule has 3 saturated heterocycles. The predicted octanol–water partition coefficient (Wildman–Crippen LogP) is -2.40. The maximum atomic E-state index is 13.3. The number of nitrogen functional groups attached to an aromatic ring is 2. The molecule has 0 saturated carbocycles. The largest absolute Gasteiger partial charge is 0.472 e. The molecule has 324 valence electrons. The quantitative estimate of drug-likeness (QED) is 0.0539. The van der Waals surface area contributed by atoms with Crippen molar-refractivity contribution in [3.63, 3.8) is 0 Å². The van der Waals surface area contributed by atoms with Crippen LogP contribution in [0.1, 0.15) is 43.8 Å². The third-order valence-electron chi connectivity index (χ3n) is 9.74. The average Bonchev–Trinajstić information content (AvgIpc) is 4.00. The minimum atomic E-state index is -5.06. The zero-order valence-corrected chi connectivity index (χ0v) is 32.7. The lowest BCUT2D eigenvalue weighted by Gasteiger charge is -2.23. The summed E-state index contributed by atoms with van der Waals surface area (Å²) in [6, 6.07) is 0. The molecule has 5 unspecified atom stereocenters. The van der Waals surface area contributed by atoms with Gasteiger partial charge in [0.15, 0.2) is 22.3 Å². The van der Waals surface area contributed by atoms with E-state index in [4.69, 9.17) is 43.8 Å². The van der Waals surface area contributed by atoms with Crippen molar-refractivity contribution in [2.75, 3.05) is 31.3 Å². The number of rotatable bonds is 14. The molecule has 0 bridgehead atoms. The predicted molar refractivity (Wildman–Crippen MR) is 196 cm³/mol. The molecule has 0 spiro atoms. The second-order valence-corrected chi connectivity index (χ2v) is 16.7. The number of ether oxygens (including phenoxy) is 3. The number of H-pyrrole nitrogens is 2. The van der Waals surface area contributed by atoms with Crippen molar-refractivity contribution < 1.29 is 61.4 Å². The minimum Gasteiger partial charge on any atom is -0.390 e. The number of nitrogens with two attached hydrogens (primary N) is 2. The Morgan fingerprint density at radius 1 is 0.717 bits per heavy atom. The number of aromatic amines is 2.